The van der Waals surface area contributed by atoms with Crippen molar-refractivity contribution in [3.05, 3.63) is 0 Å². The maximum atomic E-state index is 14.5. The molecule has 6 atom stereocenters. The van der Waals surface area contributed by atoms with Crippen LogP contribution in [0.4, 0.5) is 0 Å². The predicted octanol–water partition coefficient (Wildman–Crippen LogP) is 2.61. The van der Waals surface area contributed by atoms with E-state index in [1.807, 2.05) is 6.92 Å². The largest absolute Gasteiger partial charge is 0.365 e. The van der Waals surface area contributed by atoms with Crippen molar-refractivity contribution in [2.24, 2.45) is 5.41 Å². The molecule has 3 aliphatic carbocycles. The summed E-state index contributed by atoms with van der Waals surface area (Å²) < 4.78 is 22.2. The van der Waals surface area contributed by atoms with E-state index in [1.165, 1.54) is 0 Å². The van der Waals surface area contributed by atoms with Crippen LogP contribution in [0.15, 0.2) is 0 Å². The van der Waals surface area contributed by atoms with E-state index in [2.05, 4.69) is 28.2 Å². The molecule has 13 heteroatoms. The lowest BCUT2D eigenvalue weighted by atomic mass is 9.70. The number of hydrogen-bond acceptors (Lipinski definition) is 8. The summed E-state index contributed by atoms with van der Waals surface area (Å²) in [5.41, 5.74) is -1.24. The molecule has 1 heterocycles. The number of nitrogens with one attached hydrogen (secondary N) is 4. The molecule has 46 heavy (non-hydrogen) atoms. The molecule has 6 N–H and O–H groups in total. The lowest BCUT2D eigenvalue weighted by Gasteiger charge is -2.46. The number of amides is 3. The molecule has 12 nitrogen and oxygen atoms in total. The van der Waals surface area contributed by atoms with Gasteiger partial charge < -0.3 is 25.2 Å². The molecule has 0 aromatic carbocycles. The molecule has 3 saturated carbocycles. The first-order valence-corrected chi connectivity index (χ1v) is 18.8. The Morgan fingerprint density at radius 1 is 0.957 bits per heavy atom. The van der Waals surface area contributed by atoms with Crippen LogP contribution in [0.3, 0.4) is 0 Å². The minimum Gasteiger partial charge on any atom is -0.365 e. The van der Waals surface area contributed by atoms with Gasteiger partial charge >= 0.3 is 0 Å². The Hall–Kier alpha value is -1.93. The van der Waals surface area contributed by atoms with E-state index < -0.39 is 69.4 Å². The van der Waals surface area contributed by atoms with Gasteiger partial charge in [0.05, 0.1) is 17.3 Å². The zero-order valence-corrected chi connectivity index (χ0v) is 28.8. The monoisotopic (exact) mass is 667 g/mol. The third-order valence-electron chi connectivity index (χ3n) is 11.0. The number of aliphatic hydroxyl groups is 1. The van der Waals surface area contributed by atoms with E-state index in [-0.39, 0.29) is 11.9 Å². The first-order valence-electron chi connectivity index (χ1n) is 17.7. The molecular weight excluding hydrogens is 610 g/mol. The van der Waals surface area contributed by atoms with E-state index in [9.17, 15) is 33.0 Å². The van der Waals surface area contributed by atoms with Crippen molar-refractivity contribution in [3.8, 4) is 0 Å². The van der Waals surface area contributed by atoms with Gasteiger partial charge in [0.15, 0.2) is 17.4 Å². The first-order chi connectivity index (χ1) is 21.9. The molecule has 0 aromatic rings. The van der Waals surface area contributed by atoms with Gasteiger partial charge in [0.1, 0.15) is 6.04 Å². The molecule has 0 bridgehead atoms. The molecule has 4 fully saturated rings. The van der Waals surface area contributed by atoms with Gasteiger partial charge in [-0.05, 0) is 70.1 Å². The Labute approximate surface area is 276 Å². The van der Waals surface area contributed by atoms with E-state index >= 15 is 0 Å². The number of unbranched alkanes of at least 4 members (excludes halogenated alkanes) is 1. The van der Waals surface area contributed by atoms with E-state index in [0.29, 0.717) is 45.1 Å². The van der Waals surface area contributed by atoms with Crippen LogP contribution < -0.4 is 21.3 Å². The van der Waals surface area contributed by atoms with Gasteiger partial charge in [0.25, 0.3) is 5.91 Å². The molecule has 0 aromatic heterocycles. The third-order valence-corrected chi connectivity index (χ3v) is 12.0. The highest BCUT2D eigenvalue weighted by Crippen LogP contribution is 2.41. The van der Waals surface area contributed by atoms with Gasteiger partial charge in [-0.2, -0.15) is 0 Å². The van der Waals surface area contributed by atoms with Crippen molar-refractivity contribution in [2.75, 3.05) is 6.54 Å². The van der Waals surface area contributed by atoms with Crippen molar-refractivity contribution in [1.82, 2.24) is 26.2 Å². The van der Waals surface area contributed by atoms with Crippen LogP contribution in [0.1, 0.15) is 130 Å². The van der Waals surface area contributed by atoms with Crippen LogP contribution in [0.2, 0.25) is 0 Å². The molecule has 3 amide bonds. The molecule has 1 saturated heterocycles. The summed E-state index contributed by atoms with van der Waals surface area (Å²) >= 11 is -2.09. The second kappa shape index (κ2) is 16.5. The summed E-state index contributed by atoms with van der Waals surface area (Å²) in [5.74, 6) is -2.04. The number of aliphatic hydroxyl groups excluding tert-OH is 1. The Balaban J connectivity index is 1.51. The first kappa shape index (κ1) is 36.9. The highest BCUT2D eigenvalue weighted by molar-refractivity contribution is 7.80. The van der Waals surface area contributed by atoms with Crippen LogP contribution in [-0.2, 0) is 30.3 Å². The van der Waals surface area contributed by atoms with Gasteiger partial charge in [-0.3, -0.25) is 29.8 Å². The summed E-state index contributed by atoms with van der Waals surface area (Å²) in [4.78, 5) is 55.4. The predicted molar refractivity (Wildman–Crippen MR) is 176 cm³/mol. The summed E-state index contributed by atoms with van der Waals surface area (Å²) in [7, 11) is 0. The number of ketones is 1. The van der Waals surface area contributed by atoms with Crippen LogP contribution in [0.25, 0.3) is 0 Å². The number of Topliss-reactive ketones (excluding diaryl/α,β-unsaturated/α-hetero) is 1. The Morgan fingerprint density at radius 2 is 1.59 bits per heavy atom. The van der Waals surface area contributed by atoms with Crippen LogP contribution in [0, 0.1) is 5.41 Å². The SMILES string of the molecule is CCCC[C@H](NC(=O)[C@@H]1CCCN1C(=O)[C@@H](NC(O)NC1([C@@H](C)S(=O)O)CCCCC1)C1(C)CCCCC1)C(=O)C(=O)NC1CC1. The van der Waals surface area contributed by atoms with Gasteiger partial charge in [-0.25, -0.2) is 4.21 Å². The minimum absolute atomic E-state index is 0.0272. The quantitative estimate of drug-likeness (QED) is 0.0821. The normalized spacial score (nSPS) is 25.9. The molecule has 0 spiro atoms. The number of hydrogen-bond donors (Lipinski definition) is 6. The van der Waals surface area contributed by atoms with E-state index in [0.717, 1.165) is 70.6 Å². The fraction of sp³-hybridized carbons (Fsp3) is 0.879. The molecule has 1 aliphatic heterocycles. The average Bonchev–Trinajstić information content (AvgIpc) is 3.71. The van der Waals surface area contributed by atoms with Crippen molar-refractivity contribution < 1.29 is 33.0 Å². The molecule has 0 radical (unpaired) electrons. The highest BCUT2D eigenvalue weighted by atomic mass is 32.2. The topological polar surface area (TPSA) is 177 Å². The van der Waals surface area contributed by atoms with Crippen molar-refractivity contribution in [1.29, 1.82) is 0 Å². The summed E-state index contributed by atoms with van der Waals surface area (Å²) in [6.07, 6.45) is 11.8. The van der Waals surface area contributed by atoms with E-state index in [4.69, 9.17) is 0 Å². The zero-order chi connectivity index (χ0) is 33.5. The third kappa shape index (κ3) is 9.15. The zero-order valence-electron chi connectivity index (χ0n) is 28.0. The standard InChI is InChI=1S/C33H57N5O7S/c1-4-5-13-24(26(39)29(41)34-23-15-16-23)35-28(40)25-14-12-21-38(25)30(42)27(32(3)17-8-6-9-18-32)36-31(43)37-33(22(2)46(44)45)19-10-7-11-20-33/h22-25,27,31,36-37,43H,4-21H2,1-3H3,(H,34,41)(H,35,40)(H,44,45)/t22-,24+,25+,27-,31?/m1/s1. The van der Waals surface area contributed by atoms with Crippen molar-refractivity contribution in [3.63, 3.8) is 0 Å². The minimum atomic E-state index is -2.09. The van der Waals surface area contributed by atoms with Crippen molar-refractivity contribution >= 4 is 34.6 Å². The maximum Gasteiger partial charge on any atom is 0.289 e. The summed E-state index contributed by atoms with van der Waals surface area (Å²) in [5, 5.41) is 22.8. The maximum absolute atomic E-state index is 14.5. The second-order valence-corrected chi connectivity index (χ2v) is 15.8. The lowest BCUT2D eigenvalue weighted by Crippen LogP contribution is -2.67. The Morgan fingerprint density at radius 3 is 2.17 bits per heavy atom. The number of rotatable bonds is 16. The molecule has 4 rings (SSSR count). The molecular formula is C33H57N5O7S. The Bertz CT molecular complexity index is 1110. The van der Waals surface area contributed by atoms with Crippen molar-refractivity contribution in [2.45, 2.75) is 171 Å². The van der Waals surface area contributed by atoms with Crippen LogP contribution in [0.5, 0.6) is 0 Å². The smallest absolute Gasteiger partial charge is 0.289 e. The van der Waals surface area contributed by atoms with Gasteiger partial charge in [0, 0.05) is 18.1 Å². The van der Waals surface area contributed by atoms with Gasteiger partial charge in [-0.15, -0.1) is 0 Å². The number of carbonyl (C=O) groups is 4. The van der Waals surface area contributed by atoms with E-state index in [1.54, 1.807) is 11.8 Å². The molecule has 4 aliphatic rings. The Kier molecular flexibility index (Phi) is 13.2. The van der Waals surface area contributed by atoms with Gasteiger partial charge in [-0.1, -0.05) is 65.2 Å². The summed E-state index contributed by atoms with van der Waals surface area (Å²) in [6.45, 7) is 6.12. The second-order valence-electron chi connectivity index (χ2n) is 14.5. The average molecular weight is 668 g/mol. The number of likely N-dealkylation sites (tertiary alicyclic amines) is 1. The van der Waals surface area contributed by atoms with Crippen LogP contribution >= 0.6 is 0 Å². The fourth-order valence-electron chi connectivity index (χ4n) is 7.79. The molecule has 262 valence electrons. The van der Waals surface area contributed by atoms with Gasteiger partial charge in [0.2, 0.25) is 17.6 Å². The molecule has 2 unspecified atom stereocenters. The fourth-order valence-corrected chi connectivity index (χ4v) is 8.48. The lowest BCUT2D eigenvalue weighted by molar-refractivity contribution is -0.146. The summed E-state index contributed by atoms with van der Waals surface area (Å²) in [6, 6.07) is -2.52. The number of carbonyl (C=O) groups excluding carboxylic acids is 4. The van der Waals surface area contributed by atoms with Crippen LogP contribution in [-0.4, -0.2) is 90.1 Å². The highest BCUT2D eigenvalue weighted by Gasteiger charge is 2.48. The number of nitrogens with zero attached hydrogens (tertiary/aromatic N) is 1.